The minimum atomic E-state index is -1.12. The van der Waals surface area contributed by atoms with Gasteiger partial charge < -0.3 is 19.9 Å². The van der Waals surface area contributed by atoms with Crippen molar-refractivity contribution in [3.05, 3.63) is 28.2 Å². The fourth-order valence-electron chi connectivity index (χ4n) is 1.45. The molecule has 2 N–H and O–H groups in total. The summed E-state index contributed by atoms with van der Waals surface area (Å²) in [7, 11) is 1.53. The lowest BCUT2D eigenvalue weighted by atomic mass is 10.2. The van der Waals surface area contributed by atoms with E-state index in [1.165, 1.54) is 13.2 Å². The maximum absolute atomic E-state index is 11.8. The number of para-hydroxylation sites is 1. The topological polar surface area (TPSA) is 84.9 Å². The largest absolute Gasteiger partial charge is 0.479 e. The number of halogens is 1. The summed E-state index contributed by atoms with van der Waals surface area (Å²) < 4.78 is 10.7. The van der Waals surface area contributed by atoms with Crippen molar-refractivity contribution in [2.45, 2.75) is 13.0 Å². The molecule has 0 spiro atoms. The lowest BCUT2D eigenvalue weighted by Gasteiger charge is -2.17. The maximum Gasteiger partial charge on any atom is 0.339 e. The van der Waals surface area contributed by atoms with Crippen LogP contribution in [-0.2, 0) is 9.53 Å². The van der Waals surface area contributed by atoms with Gasteiger partial charge in [-0.3, -0.25) is 4.79 Å². The Bertz CT molecular complexity index is 492. The van der Waals surface area contributed by atoms with Crippen LogP contribution in [0.4, 0.5) is 0 Å². The Morgan fingerprint density at radius 2 is 2.15 bits per heavy atom. The van der Waals surface area contributed by atoms with Crippen LogP contribution >= 0.6 is 15.9 Å². The molecule has 1 rings (SSSR count). The van der Waals surface area contributed by atoms with E-state index >= 15 is 0 Å². The summed E-state index contributed by atoms with van der Waals surface area (Å²) in [6.45, 7) is 2.31. The standard InChI is InChI=1S/C13H16BrNO5/c1-8(12(16)15-6-7-19-2)20-11-9(13(17)18)4-3-5-10(11)14/h3-5,8H,6-7H2,1-2H3,(H,15,16)(H,17,18). The normalized spacial score (nSPS) is 11.8. The van der Waals surface area contributed by atoms with E-state index in [1.807, 2.05) is 0 Å². The Kier molecular flexibility index (Phi) is 6.47. The zero-order valence-corrected chi connectivity index (χ0v) is 12.8. The first kappa shape index (κ1) is 16.5. The summed E-state index contributed by atoms with van der Waals surface area (Å²) >= 11 is 3.22. The number of rotatable bonds is 7. The fraction of sp³-hybridized carbons (Fsp3) is 0.385. The molecule has 20 heavy (non-hydrogen) atoms. The van der Waals surface area contributed by atoms with Crippen molar-refractivity contribution >= 4 is 27.8 Å². The number of methoxy groups -OCH3 is 1. The zero-order chi connectivity index (χ0) is 15.1. The predicted octanol–water partition coefficient (Wildman–Crippen LogP) is 1.68. The Labute approximate surface area is 125 Å². The molecule has 0 aliphatic heterocycles. The summed E-state index contributed by atoms with van der Waals surface area (Å²) in [6.07, 6.45) is -0.816. The van der Waals surface area contributed by atoms with Crippen molar-refractivity contribution in [1.29, 1.82) is 0 Å². The van der Waals surface area contributed by atoms with Crippen molar-refractivity contribution in [3.63, 3.8) is 0 Å². The highest BCUT2D eigenvalue weighted by molar-refractivity contribution is 9.10. The van der Waals surface area contributed by atoms with Gasteiger partial charge in [0.05, 0.1) is 11.1 Å². The molecule has 6 nitrogen and oxygen atoms in total. The molecule has 0 aliphatic rings. The summed E-state index contributed by atoms with van der Waals surface area (Å²) in [4.78, 5) is 22.9. The first-order chi connectivity index (χ1) is 9.47. The van der Waals surface area contributed by atoms with E-state index in [0.717, 1.165) is 0 Å². The van der Waals surface area contributed by atoms with E-state index < -0.39 is 12.1 Å². The molecule has 0 fully saturated rings. The van der Waals surface area contributed by atoms with Crippen LogP contribution in [0.5, 0.6) is 5.75 Å². The second-order valence-electron chi connectivity index (χ2n) is 3.97. The number of aromatic carboxylic acids is 1. The third-order valence-corrected chi connectivity index (χ3v) is 3.09. The number of carboxylic acids is 1. The van der Waals surface area contributed by atoms with Crippen LogP contribution in [-0.4, -0.2) is 43.3 Å². The lowest BCUT2D eigenvalue weighted by molar-refractivity contribution is -0.127. The first-order valence-corrected chi connectivity index (χ1v) is 6.71. The van der Waals surface area contributed by atoms with Crippen LogP contribution in [0.2, 0.25) is 0 Å². The van der Waals surface area contributed by atoms with Gasteiger partial charge in [0.25, 0.3) is 5.91 Å². The second-order valence-corrected chi connectivity index (χ2v) is 4.82. The molecule has 110 valence electrons. The van der Waals surface area contributed by atoms with Gasteiger partial charge in [0, 0.05) is 13.7 Å². The molecule has 1 aromatic rings. The van der Waals surface area contributed by atoms with Gasteiger partial charge >= 0.3 is 5.97 Å². The van der Waals surface area contributed by atoms with Gasteiger partial charge in [-0.1, -0.05) is 6.07 Å². The molecule has 0 heterocycles. The molecule has 0 radical (unpaired) electrons. The van der Waals surface area contributed by atoms with E-state index in [2.05, 4.69) is 21.2 Å². The van der Waals surface area contributed by atoms with Gasteiger partial charge in [0.15, 0.2) is 6.10 Å². The predicted molar refractivity (Wildman–Crippen MR) is 76.1 cm³/mol. The van der Waals surface area contributed by atoms with Crippen molar-refractivity contribution in [3.8, 4) is 5.75 Å². The van der Waals surface area contributed by atoms with E-state index in [0.29, 0.717) is 17.6 Å². The SMILES string of the molecule is COCCNC(=O)C(C)Oc1c(Br)cccc1C(=O)O. The average molecular weight is 346 g/mol. The molecular formula is C13H16BrNO5. The van der Waals surface area contributed by atoms with Crippen LogP contribution in [0, 0.1) is 0 Å². The third-order valence-electron chi connectivity index (χ3n) is 2.47. The number of hydrogen-bond donors (Lipinski definition) is 2. The molecule has 0 saturated carbocycles. The average Bonchev–Trinajstić information content (AvgIpc) is 2.40. The number of nitrogens with one attached hydrogen (secondary N) is 1. The fourth-order valence-corrected chi connectivity index (χ4v) is 1.91. The Balaban J connectivity index is 2.77. The summed E-state index contributed by atoms with van der Waals surface area (Å²) in [5.41, 5.74) is -0.00378. The molecule has 1 unspecified atom stereocenters. The second kappa shape index (κ2) is 7.86. The molecule has 1 atom stereocenters. The van der Waals surface area contributed by atoms with Crippen molar-refractivity contribution in [1.82, 2.24) is 5.32 Å². The Morgan fingerprint density at radius 3 is 2.75 bits per heavy atom. The highest BCUT2D eigenvalue weighted by Gasteiger charge is 2.20. The van der Waals surface area contributed by atoms with Crippen LogP contribution in [0.25, 0.3) is 0 Å². The number of carbonyl (C=O) groups excluding carboxylic acids is 1. The minimum Gasteiger partial charge on any atom is -0.479 e. The van der Waals surface area contributed by atoms with Gasteiger partial charge in [-0.15, -0.1) is 0 Å². The van der Waals surface area contributed by atoms with E-state index in [1.54, 1.807) is 19.1 Å². The van der Waals surface area contributed by atoms with Crippen molar-refractivity contribution < 1.29 is 24.2 Å². The van der Waals surface area contributed by atoms with Gasteiger partial charge in [-0.05, 0) is 35.0 Å². The molecule has 0 saturated heterocycles. The summed E-state index contributed by atoms with van der Waals surface area (Å²) in [6, 6.07) is 4.65. The van der Waals surface area contributed by atoms with E-state index in [4.69, 9.17) is 14.6 Å². The molecule has 1 aromatic carbocycles. The van der Waals surface area contributed by atoms with Crippen molar-refractivity contribution in [2.24, 2.45) is 0 Å². The monoisotopic (exact) mass is 345 g/mol. The molecule has 0 aromatic heterocycles. The highest BCUT2D eigenvalue weighted by Crippen LogP contribution is 2.30. The Morgan fingerprint density at radius 1 is 1.45 bits per heavy atom. The van der Waals surface area contributed by atoms with Gasteiger partial charge in [0.1, 0.15) is 11.3 Å². The highest BCUT2D eigenvalue weighted by atomic mass is 79.9. The van der Waals surface area contributed by atoms with E-state index in [-0.39, 0.29) is 17.2 Å². The maximum atomic E-state index is 11.8. The van der Waals surface area contributed by atoms with Crippen LogP contribution < -0.4 is 10.1 Å². The van der Waals surface area contributed by atoms with Crippen LogP contribution in [0.1, 0.15) is 17.3 Å². The molecule has 1 amide bonds. The number of ether oxygens (including phenoxy) is 2. The van der Waals surface area contributed by atoms with Gasteiger partial charge in [-0.2, -0.15) is 0 Å². The number of carbonyl (C=O) groups is 2. The molecular weight excluding hydrogens is 330 g/mol. The summed E-state index contributed by atoms with van der Waals surface area (Å²) in [5, 5.41) is 11.7. The quantitative estimate of drug-likeness (QED) is 0.734. The first-order valence-electron chi connectivity index (χ1n) is 5.92. The number of amides is 1. The van der Waals surface area contributed by atoms with Crippen molar-refractivity contribution in [2.75, 3.05) is 20.3 Å². The zero-order valence-electron chi connectivity index (χ0n) is 11.2. The van der Waals surface area contributed by atoms with E-state index in [9.17, 15) is 9.59 Å². The molecule has 0 bridgehead atoms. The Hall–Kier alpha value is -1.60. The smallest absolute Gasteiger partial charge is 0.339 e. The number of benzene rings is 1. The van der Waals surface area contributed by atoms with Gasteiger partial charge in [-0.25, -0.2) is 4.79 Å². The van der Waals surface area contributed by atoms with Crippen LogP contribution in [0.3, 0.4) is 0 Å². The number of hydrogen-bond acceptors (Lipinski definition) is 4. The minimum absolute atomic E-state index is 0.00378. The van der Waals surface area contributed by atoms with Crippen LogP contribution in [0.15, 0.2) is 22.7 Å². The molecule has 7 heteroatoms. The third kappa shape index (κ3) is 4.50. The van der Waals surface area contributed by atoms with Gasteiger partial charge in [0.2, 0.25) is 0 Å². The summed E-state index contributed by atoms with van der Waals surface area (Å²) in [5.74, 6) is -1.32. The molecule has 0 aliphatic carbocycles. The lowest BCUT2D eigenvalue weighted by Crippen LogP contribution is -2.38. The number of carboxylic acid groups (broad SMARTS) is 1.